The molecule has 1 aliphatic rings. The van der Waals surface area contributed by atoms with Crippen LogP contribution >= 0.6 is 0 Å². The average Bonchev–Trinajstić information content (AvgIpc) is 2.73. The quantitative estimate of drug-likeness (QED) is 0.741. The first-order valence-corrected chi connectivity index (χ1v) is 5.12. The largest absolute Gasteiger partial charge is 0.465 e. The molecule has 0 bridgehead atoms. The minimum Gasteiger partial charge on any atom is -0.465 e. The van der Waals surface area contributed by atoms with Crippen LogP contribution in [0.5, 0.6) is 0 Å². The van der Waals surface area contributed by atoms with Crippen molar-refractivity contribution in [2.45, 2.75) is 32.7 Å². The lowest BCUT2D eigenvalue weighted by molar-refractivity contribution is 0.138. The summed E-state index contributed by atoms with van der Waals surface area (Å²) in [5, 5.41) is 9.01. The van der Waals surface area contributed by atoms with Crippen LogP contribution in [0.15, 0.2) is 0 Å². The second-order valence-corrected chi connectivity index (χ2v) is 3.97. The summed E-state index contributed by atoms with van der Waals surface area (Å²) in [6.45, 7) is 4.49. The third kappa shape index (κ3) is 1.69. The van der Waals surface area contributed by atoms with Gasteiger partial charge in [-0.05, 0) is 26.7 Å². The Bertz CT molecular complexity index is 367. The molecule has 1 aromatic rings. The van der Waals surface area contributed by atoms with Gasteiger partial charge in [-0.3, -0.25) is 4.90 Å². The molecular weight excluding hydrogens is 194 g/mol. The Kier molecular flexibility index (Phi) is 2.38. The van der Waals surface area contributed by atoms with Gasteiger partial charge in [0.15, 0.2) is 0 Å². The van der Waals surface area contributed by atoms with E-state index in [1.807, 2.05) is 13.8 Å². The van der Waals surface area contributed by atoms with Crippen molar-refractivity contribution in [3.8, 4) is 0 Å². The molecule has 0 spiro atoms. The molecule has 1 fully saturated rings. The predicted molar refractivity (Wildman–Crippen MR) is 54.8 cm³/mol. The van der Waals surface area contributed by atoms with E-state index in [0.29, 0.717) is 6.54 Å². The smallest absolute Gasteiger partial charge is 0.407 e. The molecule has 0 unspecified atom stereocenters. The SMILES string of the molecule is Cc1nc([C@@H]2CCCN2C(=O)O)[nH]c1C. The Balaban J connectivity index is 2.26. The first-order chi connectivity index (χ1) is 7.09. The molecule has 82 valence electrons. The topological polar surface area (TPSA) is 69.2 Å². The zero-order valence-corrected chi connectivity index (χ0v) is 8.95. The average molecular weight is 209 g/mol. The first kappa shape index (κ1) is 10.0. The summed E-state index contributed by atoms with van der Waals surface area (Å²) in [4.78, 5) is 19.9. The van der Waals surface area contributed by atoms with Gasteiger partial charge in [-0.15, -0.1) is 0 Å². The minimum atomic E-state index is -0.857. The number of aromatic nitrogens is 2. The summed E-state index contributed by atoms with van der Waals surface area (Å²) >= 11 is 0. The van der Waals surface area contributed by atoms with Gasteiger partial charge >= 0.3 is 6.09 Å². The zero-order valence-electron chi connectivity index (χ0n) is 8.95. The van der Waals surface area contributed by atoms with E-state index >= 15 is 0 Å². The van der Waals surface area contributed by atoms with Crippen LogP contribution in [0.1, 0.15) is 36.1 Å². The van der Waals surface area contributed by atoms with E-state index in [-0.39, 0.29) is 6.04 Å². The lowest BCUT2D eigenvalue weighted by Crippen LogP contribution is -2.29. The van der Waals surface area contributed by atoms with E-state index in [9.17, 15) is 4.79 Å². The van der Waals surface area contributed by atoms with Crippen LogP contribution in [0.3, 0.4) is 0 Å². The van der Waals surface area contributed by atoms with Gasteiger partial charge in [0, 0.05) is 12.2 Å². The van der Waals surface area contributed by atoms with Crippen molar-refractivity contribution < 1.29 is 9.90 Å². The Morgan fingerprint density at radius 2 is 2.33 bits per heavy atom. The monoisotopic (exact) mass is 209 g/mol. The maximum atomic E-state index is 11.0. The highest BCUT2D eigenvalue weighted by Gasteiger charge is 2.31. The number of carboxylic acid groups (broad SMARTS) is 1. The van der Waals surface area contributed by atoms with Crippen LogP contribution in [0.25, 0.3) is 0 Å². The highest BCUT2D eigenvalue weighted by atomic mass is 16.4. The van der Waals surface area contributed by atoms with Crippen molar-refractivity contribution in [3.05, 3.63) is 17.2 Å². The van der Waals surface area contributed by atoms with Gasteiger partial charge in [-0.1, -0.05) is 0 Å². The van der Waals surface area contributed by atoms with Gasteiger partial charge in [0.2, 0.25) is 0 Å². The Morgan fingerprint density at radius 1 is 1.60 bits per heavy atom. The lowest BCUT2D eigenvalue weighted by Gasteiger charge is -2.19. The van der Waals surface area contributed by atoms with Gasteiger partial charge < -0.3 is 10.1 Å². The maximum absolute atomic E-state index is 11.0. The number of H-pyrrole nitrogens is 1. The molecule has 1 atom stereocenters. The minimum absolute atomic E-state index is 0.0881. The van der Waals surface area contributed by atoms with Crippen molar-refractivity contribution in [2.75, 3.05) is 6.54 Å². The number of carbonyl (C=O) groups is 1. The normalized spacial score (nSPS) is 20.9. The van der Waals surface area contributed by atoms with Crippen molar-refractivity contribution in [1.82, 2.24) is 14.9 Å². The van der Waals surface area contributed by atoms with Crippen LogP contribution in [0.4, 0.5) is 4.79 Å². The van der Waals surface area contributed by atoms with Crippen LogP contribution in [-0.4, -0.2) is 32.6 Å². The Morgan fingerprint density at radius 3 is 2.87 bits per heavy atom. The van der Waals surface area contributed by atoms with Gasteiger partial charge in [0.1, 0.15) is 5.82 Å². The molecule has 1 amide bonds. The van der Waals surface area contributed by atoms with E-state index in [4.69, 9.17) is 5.11 Å². The second-order valence-electron chi connectivity index (χ2n) is 3.97. The molecule has 1 aromatic heterocycles. The van der Waals surface area contributed by atoms with Crippen LogP contribution in [0.2, 0.25) is 0 Å². The number of rotatable bonds is 1. The number of amides is 1. The summed E-state index contributed by atoms with van der Waals surface area (Å²) in [7, 11) is 0. The van der Waals surface area contributed by atoms with Crippen molar-refractivity contribution in [1.29, 1.82) is 0 Å². The van der Waals surface area contributed by atoms with Crippen molar-refractivity contribution in [3.63, 3.8) is 0 Å². The Hall–Kier alpha value is -1.52. The summed E-state index contributed by atoms with van der Waals surface area (Å²) < 4.78 is 0. The Labute approximate surface area is 88.1 Å². The summed E-state index contributed by atoms with van der Waals surface area (Å²) in [6.07, 6.45) is 0.915. The molecule has 0 saturated carbocycles. The lowest BCUT2D eigenvalue weighted by atomic mass is 10.2. The molecule has 5 nitrogen and oxygen atoms in total. The van der Waals surface area contributed by atoms with Gasteiger partial charge in [0.05, 0.1) is 11.7 Å². The zero-order chi connectivity index (χ0) is 11.0. The highest BCUT2D eigenvalue weighted by molar-refractivity contribution is 5.66. The molecule has 15 heavy (non-hydrogen) atoms. The number of aromatic amines is 1. The molecule has 0 aromatic carbocycles. The molecule has 2 heterocycles. The maximum Gasteiger partial charge on any atom is 0.407 e. The van der Waals surface area contributed by atoms with E-state index in [0.717, 1.165) is 30.1 Å². The van der Waals surface area contributed by atoms with Gasteiger partial charge in [-0.25, -0.2) is 9.78 Å². The first-order valence-electron chi connectivity index (χ1n) is 5.12. The summed E-state index contributed by atoms with van der Waals surface area (Å²) in [5.41, 5.74) is 1.96. The molecule has 0 radical (unpaired) electrons. The number of hydrogen-bond acceptors (Lipinski definition) is 2. The van der Waals surface area contributed by atoms with Crippen LogP contribution in [0, 0.1) is 13.8 Å². The standard InChI is InChI=1S/C10H15N3O2/c1-6-7(2)12-9(11-6)8-4-3-5-13(8)10(14)15/h8H,3-5H2,1-2H3,(H,11,12)(H,14,15)/t8-/m0/s1. The second kappa shape index (κ2) is 3.56. The number of hydrogen-bond donors (Lipinski definition) is 2. The van der Waals surface area contributed by atoms with E-state index in [2.05, 4.69) is 9.97 Å². The number of nitrogens with one attached hydrogen (secondary N) is 1. The van der Waals surface area contributed by atoms with Crippen LogP contribution in [-0.2, 0) is 0 Å². The molecule has 2 rings (SSSR count). The fourth-order valence-electron chi connectivity index (χ4n) is 2.01. The fraction of sp³-hybridized carbons (Fsp3) is 0.600. The summed E-state index contributed by atoms with van der Waals surface area (Å²) in [5.74, 6) is 0.782. The fourth-order valence-corrected chi connectivity index (χ4v) is 2.01. The number of imidazole rings is 1. The van der Waals surface area contributed by atoms with Crippen molar-refractivity contribution in [2.24, 2.45) is 0 Å². The van der Waals surface area contributed by atoms with Gasteiger partial charge in [0.25, 0.3) is 0 Å². The number of aryl methyl sites for hydroxylation is 2. The summed E-state index contributed by atoms with van der Waals surface area (Å²) in [6, 6.07) is -0.0881. The van der Waals surface area contributed by atoms with E-state index < -0.39 is 6.09 Å². The number of nitrogens with zero attached hydrogens (tertiary/aromatic N) is 2. The van der Waals surface area contributed by atoms with E-state index in [1.54, 1.807) is 0 Å². The van der Waals surface area contributed by atoms with Crippen LogP contribution < -0.4 is 0 Å². The van der Waals surface area contributed by atoms with E-state index in [1.165, 1.54) is 4.90 Å². The van der Waals surface area contributed by atoms with Crippen molar-refractivity contribution >= 4 is 6.09 Å². The molecule has 5 heteroatoms. The highest BCUT2D eigenvalue weighted by Crippen LogP contribution is 2.30. The van der Waals surface area contributed by atoms with Gasteiger partial charge in [-0.2, -0.15) is 0 Å². The molecule has 1 aliphatic heterocycles. The molecule has 2 N–H and O–H groups in total. The number of likely N-dealkylation sites (tertiary alicyclic amines) is 1. The molecule has 1 saturated heterocycles. The third-order valence-electron chi connectivity index (χ3n) is 2.96. The predicted octanol–water partition coefficient (Wildman–Crippen LogP) is 1.84. The molecule has 0 aliphatic carbocycles. The third-order valence-corrected chi connectivity index (χ3v) is 2.96. The molecular formula is C10H15N3O2.